The average molecular weight is 491 g/mol. The van der Waals surface area contributed by atoms with Crippen LogP contribution in [0.5, 0.6) is 0 Å². The van der Waals surface area contributed by atoms with Crippen molar-refractivity contribution in [3.63, 3.8) is 0 Å². The molecule has 1 fully saturated rings. The second kappa shape index (κ2) is 9.05. The van der Waals surface area contributed by atoms with Crippen molar-refractivity contribution in [1.29, 1.82) is 0 Å². The lowest BCUT2D eigenvalue weighted by Gasteiger charge is -2.38. The van der Waals surface area contributed by atoms with Crippen LogP contribution in [0.15, 0.2) is 54.6 Å². The lowest BCUT2D eigenvalue weighted by molar-refractivity contribution is -0.138. The predicted molar refractivity (Wildman–Crippen MR) is 120 cm³/mol. The molecule has 0 aliphatic carbocycles. The Morgan fingerprint density at radius 2 is 1.57 bits per heavy atom. The van der Waals surface area contributed by atoms with Gasteiger partial charge < -0.3 is 10.2 Å². The molecule has 1 saturated heterocycles. The number of amides is 2. The highest BCUT2D eigenvalue weighted by molar-refractivity contribution is 14.1. The van der Waals surface area contributed by atoms with Crippen molar-refractivity contribution in [2.24, 2.45) is 0 Å². The molecule has 1 aliphatic rings. The Morgan fingerprint density at radius 3 is 2.18 bits per heavy atom. The quantitative estimate of drug-likeness (QED) is 0.653. The molecule has 2 aromatic rings. The molecule has 0 bridgehead atoms. The Hall–Kier alpha value is -1.93. The number of benzene rings is 2. The molecular formula is C22H26IN3O2. The summed E-state index contributed by atoms with van der Waals surface area (Å²) in [6, 6.07) is 17.6. The highest BCUT2D eigenvalue weighted by Crippen LogP contribution is 2.26. The first kappa shape index (κ1) is 20.8. The van der Waals surface area contributed by atoms with Gasteiger partial charge in [-0.3, -0.25) is 14.5 Å². The number of rotatable bonds is 5. The Kier molecular flexibility index (Phi) is 6.72. The standard InChI is InChI=1S/C22H26IN3O2/c1-22(2,17-6-4-3-5-7-17)21(28)26-14-12-25(13-15-26)16-20(27)24-19-10-8-18(23)9-11-19/h3-11H,12-16H2,1-2H3,(H,24,27). The molecule has 5 nitrogen and oxygen atoms in total. The van der Waals surface area contributed by atoms with E-state index >= 15 is 0 Å². The summed E-state index contributed by atoms with van der Waals surface area (Å²) in [4.78, 5) is 29.4. The summed E-state index contributed by atoms with van der Waals surface area (Å²) in [5.41, 5.74) is 1.29. The first-order valence-corrected chi connectivity index (χ1v) is 10.6. The van der Waals surface area contributed by atoms with Gasteiger partial charge >= 0.3 is 0 Å². The lowest BCUT2D eigenvalue weighted by atomic mass is 9.83. The maximum atomic E-state index is 13.0. The molecule has 6 heteroatoms. The predicted octanol–water partition coefficient (Wildman–Crippen LogP) is 3.35. The van der Waals surface area contributed by atoms with Gasteiger partial charge in [-0.25, -0.2) is 0 Å². The zero-order valence-corrected chi connectivity index (χ0v) is 18.5. The smallest absolute Gasteiger partial charge is 0.238 e. The van der Waals surface area contributed by atoms with E-state index in [1.54, 1.807) is 0 Å². The summed E-state index contributed by atoms with van der Waals surface area (Å²) in [6.07, 6.45) is 0. The molecule has 0 spiro atoms. The number of halogens is 1. The van der Waals surface area contributed by atoms with Crippen LogP contribution in [0.25, 0.3) is 0 Å². The van der Waals surface area contributed by atoms with Crippen molar-refractivity contribution in [3.8, 4) is 0 Å². The van der Waals surface area contributed by atoms with Gasteiger partial charge in [0.15, 0.2) is 0 Å². The van der Waals surface area contributed by atoms with Gasteiger partial charge in [-0.05, 0) is 66.3 Å². The van der Waals surface area contributed by atoms with Gasteiger partial charge in [0.05, 0.1) is 12.0 Å². The van der Waals surface area contributed by atoms with Crippen LogP contribution in [0, 0.1) is 3.57 Å². The minimum Gasteiger partial charge on any atom is -0.339 e. The number of hydrogen-bond donors (Lipinski definition) is 1. The van der Waals surface area contributed by atoms with E-state index in [1.165, 1.54) is 0 Å². The fourth-order valence-corrected chi connectivity index (χ4v) is 3.78. The van der Waals surface area contributed by atoms with Crippen molar-refractivity contribution in [1.82, 2.24) is 9.80 Å². The van der Waals surface area contributed by atoms with E-state index < -0.39 is 5.41 Å². The summed E-state index contributed by atoms with van der Waals surface area (Å²) in [5.74, 6) is 0.118. The number of nitrogens with zero attached hydrogens (tertiary/aromatic N) is 2. The molecular weight excluding hydrogens is 465 g/mol. The van der Waals surface area contributed by atoms with E-state index in [4.69, 9.17) is 0 Å². The number of hydrogen-bond acceptors (Lipinski definition) is 3. The molecule has 28 heavy (non-hydrogen) atoms. The van der Waals surface area contributed by atoms with Crippen LogP contribution in [0.1, 0.15) is 19.4 Å². The van der Waals surface area contributed by atoms with E-state index in [9.17, 15) is 9.59 Å². The van der Waals surface area contributed by atoms with Crippen LogP contribution in [0.2, 0.25) is 0 Å². The minimum absolute atomic E-state index is 0.0226. The van der Waals surface area contributed by atoms with Crippen molar-refractivity contribution < 1.29 is 9.59 Å². The van der Waals surface area contributed by atoms with Gasteiger partial charge in [0.1, 0.15) is 0 Å². The molecule has 0 unspecified atom stereocenters. The molecule has 0 aromatic heterocycles. The number of carbonyl (C=O) groups excluding carboxylic acids is 2. The van der Waals surface area contributed by atoms with E-state index in [-0.39, 0.29) is 11.8 Å². The minimum atomic E-state index is -0.550. The fourth-order valence-electron chi connectivity index (χ4n) is 3.42. The van der Waals surface area contributed by atoms with Crippen LogP contribution in [-0.4, -0.2) is 54.3 Å². The van der Waals surface area contributed by atoms with Crippen molar-refractivity contribution in [2.75, 3.05) is 38.0 Å². The molecule has 1 heterocycles. The van der Waals surface area contributed by atoms with Crippen LogP contribution in [0.3, 0.4) is 0 Å². The zero-order valence-electron chi connectivity index (χ0n) is 16.3. The highest BCUT2D eigenvalue weighted by atomic mass is 127. The third-order valence-electron chi connectivity index (χ3n) is 5.18. The number of nitrogens with one attached hydrogen (secondary N) is 1. The van der Waals surface area contributed by atoms with Crippen molar-refractivity contribution in [3.05, 3.63) is 63.7 Å². The summed E-state index contributed by atoms with van der Waals surface area (Å²) >= 11 is 2.24. The monoisotopic (exact) mass is 491 g/mol. The van der Waals surface area contributed by atoms with Gasteiger partial charge in [-0.2, -0.15) is 0 Å². The number of anilines is 1. The first-order valence-electron chi connectivity index (χ1n) is 9.49. The molecule has 0 atom stereocenters. The number of carbonyl (C=O) groups is 2. The van der Waals surface area contributed by atoms with Gasteiger partial charge in [-0.1, -0.05) is 30.3 Å². The van der Waals surface area contributed by atoms with E-state index in [0.29, 0.717) is 32.7 Å². The molecule has 1 aliphatic heterocycles. The van der Waals surface area contributed by atoms with Crippen LogP contribution in [0.4, 0.5) is 5.69 Å². The summed E-state index contributed by atoms with van der Waals surface area (Å²) < 4.78 is 1.13. The maximum Gasteiger partial charge on any atom is 0.238 e. The zero-order chi connectivity index (χ0) is 20.1. The van der Waals surface area contributed by atoms with Crippen LogP contribution in [-0.2, 0) is 15.0 Å². The van der Waals surface area contributed by atoms with E-state index in [2.05, 4.69) is 32.8 Å². The highest BCUT2D eigenvalue weighted by Gasteiger charge is 2.35. The van der Waals surface area contributed by atoms with Gasteiger partial charge in [0.25, 0.3) is 0 Å². The maximum absolute atomic E-state index is 13.0. The molecule has 0 saturated carbocycles. The molecule has 1 N–H and O–H groups in total. The Balaban J connectivity index is 1.50. The summed E-state index contributed by atoms with van der Waals surface area (Å²) in [5, 5.41) is 2.93. The molecule has 0 radical (unpaired) electrons. The van der Waals surface area contributed by atoms with Gasteiger partial charge in [0.2, 0.25) is 11.8 Å². The van der Waals surface area contributed by atoms with Crippen LogP contribution >= 0.6 is 22.6 Å². The average Bonchev–Trinajstić information content (AvgIpc) is 2.70. The topological polar surface area (TPSA) is 52.7 Å². The summed E-state index contributed by atoms with van der Waals surface area (Å²) in [7, 11) is 0. The number of piperazine rings is 1. The Morgan fingerprint density at radius 1 is 0.964 bits per heavy atom. The Labute approximate surface area is 180 Å². The molecule has 2 amide bonds. The second-order valence-electron chi connectivity index (χ2n) is 7.61. The Bertz CT molecular complexity index is 813. The van der Waals surface area contributed by atoms with Gasteiger partial charge in [-0.15, -0.1) is 0 Å². The first-order chi connectivity index (χ1) is 13.4. The van der Waals surface area contributed by atoms with Crippen molar-refractivity contribution in [2.45, 2.75) is 19.3 Å². The molecule has 148 valence electrons. The largest absolute Gasteiger partial charge is 0.339 e. The third-order valence-corrected chi connectivity index (χ3v) is 5.90. The van der Waals surface area contributed by atoms with Crippen molar-refractivity contribution >= 4 is 40.1 Å². The van der Waals surface area contributed by atoms with E-state index in [1.807, 2.05) is 73.3 Å². The fraction of sp³-hybridized carbons (Fsp3) is 0.364. The normalized spacial score (nSPS) is 15.3. The van der Waals surface area contributed by atoms with E-state index in [0.717, 1.165) is 14.8 Å². The SMILES string of the molecule is CC(C)(C(=O)N1CCN(CC(=O)Nc2ccc(I)cc2)CC1)c1ccccc1. The van der Waals surface area contributed by atoms with Gasteiger partial charge in [0, 0.05) is 35.4 Å². The molecule has 2 aromatic carbocycles. The second-order valence-corrected chi connectivity index (χ2v) is 8.86. The van der Waals surface area contributed by atoms with Crippen LogP contribution < -0.4 is 5.32 Å². The summed E-state index contributed by atoms with van der Waals surface area (Å²) in [6.45, 7) is 7.00. The lowest BCUT2D eigenvalue weighted by Crippen LogP contribution is -2.54. The third kappa shape index (κ3) is 5.11. The molecule has 3 rings (SSSR count).